The van der Waals surface area contributed by atoms with E-state index in [-0.39, 0.29) is 10.6 Å². The van der Waals surface area contributed by atoms with Crippen molar-refractivity contribution in [3.63, 3.8) is 0 Å². The highest BCUT2D eigenvalue weighted by molar-refractivity contribution is 7.90. The summed E-state index contributed by atoms with van der Waals surface area (Å²) in [6.45, 7) is 0. The molecule has 0 aliphatic carbocycles. The Kier molecular flexibility index (Phi) is 3.08. The minimum Gasteiger partial charge on any atom is -0.495 e. The molecule has 0 unspecified atom stereocenters. The van der Waals surface area contributed by atoms with E-state index in [1.165, 1.54) is 37.7 Å². The number of halogens is 1. The Labute approximate surface area is 104 Å². The third kappa shape index (κ3) is 2.13. The molecule has 0 aliphatic heterocycles. The van der Waals surface area contributed by atoms with E-state index in [4.69, 9.17) is 16.3 Å². The quantitative estimate of drug-likeness (QED) is 0.854. The average molecular weight is 273 g/mol. The summed E-state index contributed by atoms with van der Waals surface area (Å²) >= 11 is 5.79. The average Bonchev–Trinajstić information content (AvgIpc) is 2.83. The molecule has 0 amide bonds. The van der Waals surface area contributed by atoms with Crippen LogP contribution in [0.1, 0.15) is 0 Å². The van der Waals surface area contributed by atoms with Crippen molar-refractivity contribution in [1.82, 2.24) is 9.19 Å². The number of methoxy groups -OCH3 is 1. The van der Waals surface area contributed by atoms with E-state index in [0.717, 1.165) is 4.09 Å². The van der Waals surface area contributed by atoms with Gasteiger partial charge < -0.3 is 4.74 Å². The number of nitrogens with zero attached hydrogens (tertiary/aromatic N) is 2. The molecule has 2 rings (SSSR count). The van der Waals surface area contributed by atoms with Crippen LogP contribution >= 0.6 is 11.6 Å². The SMILES string of the molecule is COc1ccc(Cl)cc1S(=O)(=O)n1cccn1. The van der Waals surface area contributed by atoms with E-state index < -0.39 is 10.0 Å². The third-order valence-corrected chi connectivity index (χ3v) is 3.95. The molecule has 5 nitrogen and oxygen atoms in total. The van der Waals surface area contributed by atoms with Crippen LogP contribution in [0.4, 0.5) is 0 Å². The molecule has 0 aliphatic rings. The van der Waals surface area contributed by atoms with Gasteiger partial charge in [-0.25, -0.2) is 0 Å². The van der Waals surface area contributed by atoms with Crippen LogP contribution in [0, 0.1) is 0 Å². The molecule has 0 spiro atoms. The molecule has 2 aromatic rings. The van der Waals surface area contributed by atoms with Gasteiger partial charge in [0.05, 0.1) is 13.3 Å². The van der Waals surface area contributed by atoms with Crippen molar-refractivity contribution in [1.29, 1.82) is 0 Å². The second-order valence-electron chi connectivity index (χ2n) is 3.18. The molecule has 0 radical (unpaired) electrons. The maximum absolute atomic E-state index is 12.2. The highest BCUT2D eigenvalue weighted by Crippen LogP contribution is 2.28. The van der Waals surface area contributed by atoms with Crippen molar-refractivity contribution >= 4 is 21.6 Å². The molecule has 0 saturated heterocycles. The fourth-order valence-corrected chi connectivity index (χ4v) is 2.88. The topological polar surface area (TPSA) is 61.2 Å². The first-order chi connectivity index (χ1) is 8.05. The van der Waals surface area contributed by atoms with Crippen LogP contribution in [0.25, 0.3) is 0 Å². The predicted molar refractivity (Wildman–Crippen MR) is 62.8 cm³/mol. The van der Waals surface area contributed by atoms with Gasteiger partial charge in [0.15, 0.2) is 0 Å². The van der Waals surface area contributed by atoms with E-state index in [9.17, 15) is 8.42 Å². The van der Waals surface area contributed by atoms with Gasteiger partial charge in [0, 0.05) is 11.2 Å². The number of ether oxygens (including phenoxy) is 1. The Morgan fingerprint density at radius 3 is 2.76 bits per heavy atom. The molecule has 7 heteroatoms. The minimum absolute atomic E-state index is 0.0174. The Morgan fingerprint density at radius 1 is 1.41 bits per heavy atom. The zero-order valence-electron chi connectivity index (χ0n) is 8.87. The van der Waals surface area contributed by atoms with E-state index in [1.807, 2.05) is 0 Å². The zero-order chi connectivity index (χ0) is 12.5. The monoisotopic (exact) mass is 272 g/mol. The lowest BCUT2D eigenvalue weighted by Crippen LogP contribution is -2.14. The van der Waals surface area contributed by atoms with Crippen molar-refractivity contribution in [3.8, 4) is 5.75 Å². The highest BCUT2D eigenvalue weighted by atomic mass is 35.5. The first-order valence-corrected chi connectivity index (χ1v) is 6.46. The zero-order valence-corrected chi connectivity index (χ0v) is 10.4. The number of rotatable bonds is 3. The Hall–Kier alpha value is -1.53. The fourth-order valence-electron chi connectivity index (χ4n) is 1.35. The largest absolute Gasteiger partial charge is 0.495 e. The molecular weight excluding hydrogens is 264 g/mol. The second-order valence-corrected chi connectivity index (χ2v) is 5.38. The Bertz CT molecular complexity index is 623. The summed E-state index contributed by atoms with van der Waals surface area (Å²) in [7, 11) is -2.37. The molecule has 0 fully saturated rings. The summed E-state index contributed by atoms with van der Waals surface area (Å²) in [5.41, 5.74) is 0. The van der Waals surface area contributed by atoms with Crippen molar-refractivity contribution in [2.24, 2.45) is 0 Å². The van der Waals surface area contributed by atoms with E-state index in [1.54, 1.807) is 6.07 Å². The molecule has 0 saturated carbocycles. The molecule has 0 bridgehead atoms. The van der Waals surface area contributed by atoms with Crippen LogP contribution in [0.2, 0.25) is 5.02 Å². The minimum atomic E-state index is -3.76. The lowest BCUT2D eigenvalue weighted by atomic mass is 10.3. The van der Waals surface area contributed by atoms with Gasteiger partial charge in [-0.05, 0) is 24.3 Å². The first-order valence-electron chi connectivity index (χ1n) is 4.64. The third-order valence-electron chi connectivity index (χ3n) is 2.13. The van der Waals surface area contributed by atoms with Crippen LogP contribution in [-0.2, 0) is 10.0 Å². The van der Waals surface area contributed by atoms with E-state index >= 15 is 0 Å². The fraction of sp³-hybridized carbons (Fsp3) is 0.100. The molecule has 90 valence electrons. The summed E-state index contributed by atoms with van der Waals surface area (Å²) in [5.74, 6) is 0.227. The number of hydrogen-bond donors (Lipinski definition) is 0. The van der Waals surface area contributed by atoms with E-state index in [2.05, 4.69) is 5.10 Å². The van der Waals surface area contributed by atoms with Gasteiger partial charge in [0.25, 0.3) is 10.0 Å². The molecule has 0 N–H and O–H groups in total. The first kappa shape index (κ1) is 11.9. The number of hydrogen-bond acceptors (Lipinski definition) is 4. The molecule has 1 aromatic carbocycles. The van der Waals surface area contributed by atoms with Crippen molar-refractivity contribution in [3.05, 3.63) is 41.7 Å². The van der Waals surface area contributed by atoms with E-state index in [0.29, 0.717) is 5.02 Å². The van der Waals surface area contributed by atoms with Gasteiger partial charge in [-0.1, -0.05) is 11.6 Å². The molecule has 0 atom stereocenters. The second kappa shape index (κ2) is 4.38. The predicted octanol–water partition coefficient (Wildman–Crippen LogP) is 1.78. The van der Waals surface area contributed by atoms with Crippen molar-refractivity contribution in [2.45, 2.75) is 4.90 Å². The summed E-state index contributed by atoms with van der Waals surface area (Å²) in [6, 6.07) is 5.91. The normalized spacial score (nSPS) is 11.4. The summed E-state index contributed by atoms with van der Waals surface area (Å²) < 4.78 is 30.2. The van der Waals surface area contributed by atoms with Crippen molar-refractivity contribution in [2.75, 3.05) is 7.11 Å². The number of benzene rings is 1. The molecular formula is C10H9ClN2O3S. The standard InChI is InChI=1S/C10H9ClN2O3S/c1-16-9-4-3-8(11)7-10(9)17(14,15)13-6-2-5-12-13/h2-7H,1H3. The summed E-state index contributed by atoms with van der Waals surface area (Å²) in [5, 5.41) is 4.02. The molecule has 1 aromatic heterocycles. The Balaban J connectivity index is 2.65. The number of aromatic nitrogens is 2. The van der Waals surface area contributed by atoms with Crippen LogP contribution in [-0.4, -0.2) is 24.7 Å². The Morgan fingerprint density at radius 2 is 2.18 bits per heavy atom. The maximum atomic E-state index is 12.2. The van der Waals surface area contributed by atoms with Gasteiger partial charge in [0.1, 0.15) is 10.6 Å². The van der Waals surface area contributed by atoms with Crippen molar-refractivity contribution < 1.29 is 13.2 Å². The summed E-state index contributed by atoms with van der Waals surface area (Å²) in [6.07, 6.45) is 2.73. The summed E-state index contributed by atoms with van der Waals surface area (Å²) in [4.78, 5) is -0.0174. The van der Waals surface area contributed by atoms with Crippen LogP contribution in [0.15, 0.2) is 41.6 Å². The van der Waals surface area contributed by atoms with Crippen LogP contribution < -0.4 is 4.74 Å². The van der Waals surface area contributed by atoms with Crippen LogP contribution in [0.3, 0.4) is 0 Å². The van der Waals surface area contributed by atoms with Gasteiger partial charge in [-0.15, -0.1) is 0 Å². The van der Waals surface area contributed by atoms with Gasteiger partial charge in [-0.3, -0.25) is 0 Å². The lowest BCUT2D eigenvalue weighted by Gasteiger charge is -2.09. The van der Waals surface area contributed by atoms with Gasteiger partial charge in [0.2, 0.25) is 0 Å². The lowest BCUT2D eigenvalue weighted by molar-refractivity contribution is 0.402. The van der Waals surface area contributed by atoms with Gasteiger partial charge >= 0.3 is 0 Å². The molecule has 17 heavy (non-hydrogen) atoms. The van der Waals surface area contributed by atoms with Gasteiger partial charge in [-0.2, -0.15) is 17.6 Å². The van der Waals surface area contributed by atoms with Crippen LogP contribution in [0.5, 0.6) is 5.75 Å². The maximum Gasteiger partial charge on any atom is 0.286 e. The highest BCUT2D eigenvalue weighted by Gasteiger charge is 2.22. The smallest absolute Gasteiger partial charge is 0.286 e. The molecule has 1 heterocycles.